The van der Waals surface area contributed by atoms with Gasteiger partial charge in [-0.3, -0.25) is 14.4 Å². The highest BCUT2D eigenvalue weighted by Gasteiger charge is 2.20. The van der Waals surface area contributed by atoms with Crippen molar-refractivity contribution in [2.24, 2.45) is 0 Å². The molecule has 0 aliphatic carbocycles. The number of hydrogen-bond acceptors (Lipinski definition) is 5. The number of carbonyl (C=O) groups is 2. The summed E-state index contributed by atoms with van der Waals surface area (Å²) >= 11 is 3.36. The molecule has 1 unspecified atom stereocenters. The summed E-state index contributed by atoms with van der Waals surface area (Å²) in [5, 5.41) is 2.84. The molecule has 0 saturated heterocycles. The molecule has 1 amide bonds. The Hall–Kier alpha value is -2.45. The van der Waals surface area contributed by atoms with Crippen LogP contribution >= 0.6 is 15.9 Å². The molecule has 27 heavy (non-hydrogen) atoms. The third-order valence-corrected chi connectivity index (χ3v) is 4.49. The number of carbonyl (C=O) groups excluding carboxylic acids is 2. The molecule has 0 saturated carbocycles. The lowest BCUT2D eigenvalue weighted by atomic mass is 10.0. The van der Waals surface area contributed by atoms with Gasteiger partial charge in [-0.1, -0.05) is 28.1 Å². The van der Waals surface area contributed by atoms with E-state index in [0.717, 1.165) is 10.0 Å². The second-order valence-corrected chi connectivity index (χ2v) is 6.72. The molecule has 0 radical (unpaired) electrons. The van der Waals surface area contributed by atoms with Gasteiger partial charge in [0.15, 0.2) is 0 Å². The van der Waals surface area contributed by atoms with Crippen LogP contribution in [0.5, 0.6) is 0 Å². The van der Waals surface area contributed by atoms with E-state index in [1.165, 1.54) is 37.1 Å². The van der Waals surface area contributed by atoms with Gasteiger partial charge in [0.2, 0.25) is 0 Å². The van der Waals surface area contributed by atoms with Crippen LogP contribution in [0.25, 0.3) is 0 Å². The van der Waals surface area contributed by atoms with Gasteiger partial charge >= 0.3 is 5.97 Å². The molecule has 0 spiro atoms. The van der Waals surface area contributed by atoms with Crippen LogP contribution in [0.3, 0.4) is 0 Å². The normalized spacial score (nSPS) is 11.7. The molecule has 0 aliphatic heterocycles. The average Bonchev–Trinajstić information content (AvgIpc) is 2.67. The van der Waals surface area contributed by atoms with Crippen molar-refractivity contribution in [1.29, 1.82) is 0 Å². The van der Waals surface area contributed by atoms with Crippen molar-refractivity contribution in [3.05, 3.63) is 68.5 Å². The lowest BCUT2D eigenvalue weighted by Gasteiger charge is -2.19. The SMILES string of the molecule is COCCn1cc(C(=O)NC(CC(=O)OC)c2ccc(Br)cc2)ccc1=O. The third kappa shape index (κ3) is 6.04. The van der Waals surface area contributed by atoms with Gasteiger partial charge in [-0.15, -0.1) is 0 Å². The number of aromatic nitrogens is 1. The predicted octanol–water partition coefficient (Wildman–Crippen LogP) is 2.29. The Balaban J connectivity index is 2.23. The number of hydrogen-bond donors (Lipinski definition) is 1. The summed E-state index contributed by atoms with van der Waals surface area (Å²) < 4.78 is 12.0. The summed E-state index contributed by atoms with van der Waals surface area (Å²) in [6.07, 6.45) is 1.47. The molecule has 1 aromatic carbocycles. The van der Waals surface area contributed by atoms with Gasteiger partial charge < -0.3 is 19.4 Å². The van der Waals surface area contributed by atoms with E-state index in [4.69, 9.17) is 9.47 Å². The first-order valence-corrected chi connectivity index (χ1v) is 9.06. The molecule has 7 nitrogen and oxygen atoms in total. The number of pyridine rings is 1. The lowest BCUT2D eigenvalue weighted by Crippen LogP contribution is -2.32. The summed E-state index contributed by atoms with van der Waals surface area (Å²) in [5.74, 6) is -0.828. The Kier molecular flexibility index (Phi) is 7.75. The van der Waals surface area contributed by atoms with Crippen molar-refractivity contribution in [3.8, 4) is 0 Å². The van der Waals surface area contributed by atoms with Crippen LogP contribution in [-0.2, 0) is 20.8 Å². The van der Waals surface area contributed by atoms with Gasteiger partial charge in [-0.2, -0.15) is 0 Å². The van der Waals surface area contributed by atoms with Gasteiger partial charge in [0.25, 0.3) is 11.5 Å². The summed E-state index contributed by atoms with van der Waals surface area (Å²) in [4.78, 5) is 36.3. The first kappa shape index (κ1) is 20.9. The van der Waals surface area contributed by atoms with Crippen LogP contribution in [0.4, 0.5) is 0 Å². The number of rotatable bonds is 8. The maximum atomic E-state index is 12.7. The van der Waals surface area contributed by atoms with E-state index in [0.29, 0.717) is 18.7 Å². The number of methoxy groups -OCH3 is 2. The maximum absolute atomic E-state index is 12.7. The number of nitrogens with one attached hydrogen (secondary N) is 1. The van der Waals surface area contributed by atoms with Crippen LogP contribution in [-0.4, -0.2) is 37.3 Å². The molecule has 1 aromatic heterocycles. The fourth-order valence-corrected chi connectivity index (χ4v) is 2.73. The molecule has 0 bridgehead atoms. The van der Waals surface area contributed by atoms with E-state index >= 15 is 0 Å². The second-order valence-electron chi connectivity index (χ2n) is 5.80. The van der Waals surface area contributed by atoms with Gasteiger partial charge in [0.1, 0.15) is 0 Å². The van der Waals surface area contributed by atoms with E-state index in [9.17, 15) is 14.4 Å². The fourth-order valence-electron chi connectivity index (χ4n) is 2.47. The van der Waals surface area contributed by atoms with Crippen molar-refractivity contribution in [1.82, 2.24) is 9.88 Å². The van der Waals surface area contributed by atoms with Crippen molar-refractivity contribution in [3.63, 3.8) is 0 Å². The molecule has 8 heteroatoms. The number of nitrogens with zero attached hydrogens (tertiary/aromatic N) is 1. The third-order valence-electron chi connectivity index (χ3n) is 3.96. The van der Waals surface area contributed by atoms with Crippen LogP contribution < -0.4 is 10.9 Å². The Morgan fingerprint density at radius 3 is 2.48 bits per heavy atom. The Labute approximate surface area is 165 Å². The van der Waals surface area contributed by atoms with E-state index in [1.54, 1.807) is 0 Å². The average molecular weight is 437 g/mol. The summed E-state index contributed by atoms with van der Waals surface area (Å²) in [7, 11) is 2.84. The quantitative estimate of drug-likeness (QED) is 0.641. The Morgan fingerprint density at radius 2 is 1.85 bits per heavy atom. The largest absolute Gasteiger partial charge is 0.469 e. The van der Waals surface area contributed by atoms with Gasteiger partial charge in [0, 0.05) is 30.4 Å². The zero-order chi connectivity index (χ0) is 19.8. The molecule has 1 atom stereocenters. The van der Waals surface area contributed by atoms with Gasteiger partial charge in [-0.05, 0) is 23.8 Å². The van der Waals surface area contributed by atoms with Crippen LogP contribution in [0.1, 0.15) is 28.4 Å². The number of ether oxygens (including phenoxy) is 2. The van der Waals surface area contributed by atoms with Crippen molar-refractivity contribution < 1.29 is 19.1 Å². The Morgan fingerprint density at radius 1 is 1.15 bits per heavy atom. The van der Waals surface area contributed by atoms with Crippen molar-refractivity contribution in [2.45, 2.75) is 19.0 Å². The summed E-state index contributed by atoms with van der Waals surface area (Å²) in [6.45, 7) is 0.698. The van der Waals surface area contributed by atoms with E-state index < -0.39 is 17.9 Å². The summed E-state index contributed by atoms with van der Waals surface area (Å²) in [5.41, 5.74) is 0.866. The lowest BCUT2D eigenvalue weighted by molar-refractivity contribution is -0.141. The predicted molar refractivity (Wildman–Crippen MR) is 104 cm³/mol. The minimum atomic E-state index is -0.558. The van der Waals surface area contributed by atoms with Crippen LogP contribution in [0.2, 0.25) is 0 Å². The molecular weight excluding hydrogens is 416 g/mol. The molecular formula is C19H21BrN2O5. The maximum Gasteiger partial charge on any atom is 0.307 e. The smallest absolute Gasteiger partial charge is 0.307 e. The minimum Gasteiger partial charge on any atom is -0.469 e. The zero-order valence-electron chi connectivity index (χ0n) is 15.1. The van der Waals surface area contributed by atoms with E-state index in [-0.39, 0.29) is 12.0 Å². The first-order valence-electron chi connectivity index (χ1n) is 8.27. The first-order chi connectivity index (χ1) is 12.9. The minimum absolute atomic E-state index is 0.00676. The molecule has 0 aliphatic rings. The van der Waals surface area contributed by atoms with Crippen molar-refractivity contribution in [2.75, 3.05) is 20.8 Å². The topological polar surface area (TPSA) is 86.6 Å². The standard InChI is InChI=1S/C19H21BrN2O5/c1-26-10-9-22-12-14(5-8-17(22)23)19(25)21-16(11-18(24)27-2)13-3-6-15(20)7-4-13/h3-8,12,16H,9-11H2,1-2H3,(H,21,25). The monoisotopic (exact) mass is 436 g/mol. The summed E-state index contributed by atoms with van der Waals surface area (Å²) in [6, 6.07) is 9.52. The highest BCUT2D eigenvalue weighted by Crippen LogP contribution is 2.21. The molecule has 1 heterocycles. The van der Waals surface area contributed by atoms with Crippen LogP contribution in [0, 0.1) is 0 Å². The number of amides is 1. The molecule has 1 N–H and O–H groups in total. The molecule has 144 valence electrons. The number of benzene rings is 1. The van der Waals surface area contributed by atoms with Gasteiger partial charge in [0.05, 0.1) is 31.7 Å². The zero-order valence-corrected chi connectivity index (χ0v) is 16.7. The molecule has 2 rings (SSSR count). The Bertz CT molecular complexity index is 848. The highest BCUT2D eigenvalue weighted by molar-refractivity contribution is 9.10. The number of esters is 1. The number of halogens is 1. The second kappa shape index (κ2) is 10.0. The van der Waals surface area contributed by atoms with Gasteiger partial charge in [-0.25, -0.2) is 0 Å². The molecule has 0 fully saturated rings. The van der Waals surface area contributed by atoms with E-state index in [1.807, 2.05) is 24.3 Å². The van der Waals surface area contributed by atoms with Crippen LogP contribution in [0.15, 0.2) is 51.9 Å². The fraction of sp³-hybridized carbons (Fsp3) is 0.316. The van der Waals surface area contributed by atoms with E-state index in [2.05, 4.69) is 21.2 Å². The molecule has 2 aromatic rings. The highest BCUT2D eigenvalue weighted by atomic mass is 79.9. The van der Waals surface area contributed by atoms with Crippen molar-refractivity contribution >= 4 is 27.8 Å².